The van der Waals surface area contributed by atoms with Crippen LogP contribution in [0.25, 0.3) is 0 Å². The van der Waals surface area contributed by atoms with Gasteiger partial charge >= 0.3 is 0 Å². The van der Waals surface area contributed by atoms with Crippen molar-refractivity contribution in [2.75, 3.05) is 30.8 Å². The van der Waals surface area contributed by atoms with Gasteiger partial charge < -0.3 is 9.64 Å². The summed E-state index contributed by atoms with van der Waals surface area (Å²) in [6, 6.07) is 12.4. The molecule has 3 rings (SSSR count). The van der Waals surface area contributed by atoms with E-state index in [0.29, 0.717) is 36.5 Å². The minimum Gasteiger partial charge on any atom is -0.496 e. The Labute approximate surface area is 167 Å². The Morgan fingerprint density at radius 1 is 1.22 bits per heavy atom. The molecular formula is C19H21BrN2O4S. The molecule has 0 unspecified atom stereocenters. The fraction of sp³-hybridized carbons (Fsp3) is 0.316. The first-order valence-electron chi connectivity index (χ1n) is 8.50. The predicted molar refractivity (Wildman–Crippen MR) is 109 cm³/mol. The van der Waals surface area contributed by atoms with Gasteiger partial charge in [0, 0.05) is 35.7 Å². The lowest BCUT2D eigenvalue weighted by Gasteiger charge is -2.20. The smallest absolute Gasteiger partial charge is 0.253 e. The number of anilines is 1. The van der Waals surface area contributed by atoms with Crippen LogP contribution in [0.15, 0.2) is 46.9 Å². The lowest BCUT2D eigenvalue weighted by Crippen LogP contribution is -2.27. The second-order valence-electron chi connectivity index (χ2n) is 6.41. The van der Waals surface area contributed by atoms with Crippen LogP contribution in [0.2, 0.25) is 0 Å². The maximum Gasteiger partial charge on any atom is 0.253 e. The highest BCUT2D eigenvalue weighted by atomic mass is 79.9. The molecule has 8 heteroatoms. The predicted octanol–water partition coefficient (Wildman–Crippen LogP) is 3.27. The van der Waals surface area contributed by atoms with Gasteiger partial charge in [0.15, 0.2) is 0 Å². The Morgan fingerprint density at radius 2 is 1.93 bits per heavy atom. The third-order valence-electron chi connectivity index (χ3n) is 4.50. The molecule has 0 radical (unpaired) electrons. The number of halogens is 1. The van der Waals surface area contributed by atoms with Crippen molar-refractivity contribution < 1.29 is 17.9 Å². The Hall–Kier alpha value is -2.06. The van der Waals surface area contributed by atoms with E-state index in [1.54, 1.807) is 43.3 Å². The van der Waals surface area contributed by atoms with Gasteiger partial charge in [-0.1, -0.05) is 15.9 Å². The Morgan fingerprint density at radius 3 is 2.52 bits per heavy atom. The minimum absolute atomic E-state index is 0.146. The maximum atomic E-state index is 12.7. The minimum atomic E-state index is -3.22. The second-order valence-corrected chi connectivity index (χ2v) is 9.33. The number of carbonyl (C=O) groups is 1. The highest BCUT2D eigenvalue weighted by molar-refractivity contribution is 9.10. The molecule has 6 nitrogen and oxygen atoms in total. The average molecular weight is 453 g/mol. The largest absolute Gasteiger partial charge is 0.496 e. The van der Waals surface area contributed by atoms with Crippen molar-refractivity contribution in [3.05, 3.63) is 58.1 Å². The van der Waals surface area contributed by atoms with Gasteiger partial charge in [0.2, 0.25) is 10.0 Å². The molecular weight excluding hydrogens is 432 g/mol. The Bertz CT molecular complexity index is 945. The van der Waals surface area contributed by atoms with Gasteiger partial charge in [-0.3, -0.25) is 9.10 Å². The number of hydrogen-bond donors (Lipinski definition) is 0. The van der Waals surface area contributed by atoms with Gasteiger partial charge in [-0.15, -0.1) is 0 Å². The van der Waals surface area contributed by atoms with E-state index in [4.69, 9.17) is 4.74 Å². The van der Waals surface area contributed by atoms with E-state index in [2.05, 4.69) is 15.9 Å². The molecule has 0 N–H and O–H groups in total. The number of ether oxygens (including phenoxy) is 1. The third kappa shape index (κ3) is 4.27. The van der Waals surface area contributed by atoms with E-state index in [9.17, 15) is 13.2 Å². The van der Waals surface area contributed by atoms with Crippen molar-refractivity contribution in [2.45, 2.75) is 13.0 Å². The number of hydrogen-bond acceptors (Lipinski definition) is 4. The zero-order valence-corrected chi connectivity index (χ0v) is 17.6. The summed E-state index contributed by atoms with van der Waals surface area (Å²) in [7, 11) is 0.0982. The topological polar surface area (TPSA) is 66.9 Å². The highest BCUT2D eigenvalue weighted by Crippen LogP contribution is 2.26. The fourth-order valence-electron chi connectivity index (χ4n) is 3.12. The van der Waals surface area contributed by atoms with Crippen molar-refractivity contribution in [3.8, 4) is 5.75 Å². The number of methoxy groups -OCH3 is 1. The van der Waals surface area contributed by atoms with Crippen LogP contribution in [-0.2, 0) is 16.6 Å². The quantitative estimate of drug-likeness (QED) is 0.697. The first-order chi connectivity index (χ1) is 12.8. The molecule has 0 saturated carbocycles. The van der Waals surface area contributed by atoms with Gasteiger partial charge in [0.1, 0.15) is 5.75 Å². The first-order valence-corrected chi connectivity index (χ1v) is 10.9. The first kappa shape index (κ1) is 19.7. The number of sulfonamides is 1. The molecule has 0 aromatic heterocycles. The van der Waals surface area contributed by atoms with Crippen LogP contribution in [0.4, 0.5) is 5.69 Å². The average Bonchev–Trinajstić information content (AvgIpc) is 3.00. The molecule has 2 aromatic rings. The lowest BCUT2D eigenvalue weighted by molar-refractivity contribution is 0.0784. The van der Waals surface area contributed by atoms with Crippen LogP contribution in [0.1, 0.15) is 22.3 Å². The van der Waals surface area contributed by atoms with Gasteiger partial charge in [-0.05, 0) is 48.9 Å². The van der Waals surface area contributed by atoms with E-state index in [-0.39, 0.29) is 11.7 Å². The zero-order valence-electron chi connectivity index (χ0n) is 15.2. The molecule has 0 aliphatic carbocycles. The molecule has 2 aromatic carbocycles. The second kappa shape index (κ2) is 7.90. The van der Waals surface area contributed by atoms with E-state index in [1.165, 1.54) is 4.31 Å². The molecule has 1 heterocycles. The molecule has 1 amide bonds. The molecule has 1 aliphatic rings. The normalized spacial score (nSPS) is 15.6. The highest BCUT2D eigenvalue weighted by Gasteiger charge is 2.28. The van der Waals surface area contributed by atoms with Gasteiger partial charge in [-0.2, -0.15) is 0 Å². The molecule has 1 aliphatic heterocycles. The monoisotopic (exact) mass is 452 g/mol. The number of amides is 1. The number of benzene rings is 2. The molecule has 0 bridgehead atoms. The molecule has 144 valence electrons. The SMILES string of the molecule is COc1ccc(Br)cc1CN(C)C(=O)c1ccc(N2CCCS2(=O)=O)cc1. The van der Waals surface area contributed by atoms with Crippen molar-refractivity contribution in [3.63, 3.8) is 0 Å². The van der Waals surface area contributed by atoms with Crippen LogP contribution in [0.3, 0.4) is 0 Å². The van der Waals surface area contributed by atoms with Crippen molar-refractivity contribution in [2.24, 2.45) is 0 Å². The van der Waals surface area contributed by atoms with E-state index in [1.807, 2.05) is 18.2 Å². The van der Waals surface area contributed by atoms with Gasteiger partial charge in [0.25, 0.3) is 5.91 Å². The fourth-order valence-corrected chi connectivity index (χ4v) is 5.09. The summed E-state index contributed by atoms with van der Waals surface area (Å²) in [6.07, 6.45) is 0.625. The summed E-state index contributed by atoms with van der Waals surface area (Å²) in [5.74, 6) is 0.741. The van der Waals surface area contributed by atoms with Crippen molar-refractivity contribution >= 4 is 37.5 Å². The van der Waals surface area contributed by atoms with E-state index < -0.39 is 10.0 Å². The summed E-state index contributed by atoms with van der Waals surface area (Å²) < 4.78 is 31.7. The summed E-state index contributed by atoms with van der Waals surface area (Å²) in [5, 5.41) is 0. The van der Waals surface area contributed by atoms with Gasteiger partial charge in [0.05, 0.1) is 18.6 Å². The maximum absolute atomic E-state index is 12.7. The number of carbonyl (C=O) groups excluding carboxylic acids is 1. The van der Waals surface area contributed by atoms with E-state index in [0.717, 1.165) is 10.0 Å². The molecule has 1 fully saturated rings. The van der Waals surface area contributed by atoms with E-state index >= 15 is 0 Å². The van der Waals surface area contributed by atoms with Crippen LogP contribution in [0.5, 0.6) is 5.75 Å². The standard InChI is InChI=1S/C19H21BrN2O4S/c1-21(13-15-12-16(20)6-9-18(15)26-2)19(23)14-4-7-17(8-5-14)22-10-3-11-27(22,24)25/h4-9,12H,3,10-11,13H2,1-2H3. The van der Waals surface area contributed by atoms with Gasteiger partial charge in [-0.25, -0.2) is 8.42 Å². The Balaban J connectivity index is 1.75. The van der Waals surface area contributed by atoms with Crippen LogP contribution in [0, 0.1) is 0 Å². The zero-order chi connectivity index (χ0) is 19.6. The summed E-state index contributed by atoms with van der Waals surface area (Å²) in [6.45, 7) is 0.877. The number of nitrogens with zero attached hydrogens (tertiary/aromatic N) is 2. The molecule has 1 saturated heterocycles. The lowest BCUT2D eigenvalue weighted by atomic mass is 10.1. The molecule has 0 spiro atoms. The molecule has 0 atom stereocenters. The van der Waals surface area contributed by atoms with Crippen molar-refractivity contribution in [1.82, 2.24) is 4.90 Å². The molecule has 27 heavy (non-hydrogen) atoms. The van der Waals surface area contributed by atoms with Crippen LogP contribution in [-0.4, -0.2) is 45.7 Å². The summed E-state index contributed by atoms with van der Waals surface area (Å²) >= 11 is 3.43. The van der Waals surface area contributed by atoms with Crippen LogP contribution >= 0.6 is 15.9 Å². The Kier molecular flexibility index (Phi) is 5.76. The summed E-state index contributed by atoms with van der Waals surface area (Å²) in [4.78, 5) is 14.3. The third-order valence-corrected chi connectivity index (χ3v) is 6.86. The van der Waals surface area contributed by atoms with Crippen LogP contribution < -0.4 is 9.04 Å². The van der Waals surface area contributed by atoms with Crippen molar-refractivity contribution in [1.29, 1.82) is 0 Å². The summed E-state index contributed by atoms with van der Waals surface area (Å²) in [5.41, 5.74) is 2.00. The number of rotatable bonds is 5.